The van der Waals surface area contributed by atoms with E-state index in [4.69, 9.17) is 14.2 Å². The van der Waals surface area contributed by atoms with Crippen LogP contribution in [0.25, 0.3) is 16.8 Å². The Hall–Kier alpha value is -4.98. The van der Waals surface area contributed by atoms with E-state index in [1.165, 1.54) is 11.1 Å². The third-order valence-electron chi connectivity index (χ3n) is 7.09. The van der Waals surface area contributed by atoms with Gasteiger partial charge in [-0.2, -0.15) is 0 Å². The number of rotatable bonds is 6. The van der Waals surface area contributed by atoms with Crippen molar-refractivity contribution in [2.24, 2.45) is 0 Å². The molecule has 8 nitrogen and oxygen atoms in total. The van der Waals surface area contributed by atoms with Gasteiger partial charge in [-0.25, -0.2) is 4.79 Å². The van der Waals surface area contributed by atoms with Crippen LogP contribution in [0.1, 0.15) is 25.0 Å². The van der Waals surface area contributed by atoms with E-state index in [0.717, 1.165) is 33.9 Å². The molecule has 3 heterocycles. The summed E-state index contributed by atoms with van der Waals surface area (Å²) >= 11 is 0. The lowest BCUT2D eigenvalue weighted by molar-refractivity contribution is 0.215. The van der Waals surface area contributed by atoms with Gasteiger partial charge in [0, 0.05) is 41.3 Å². The molecular weight excluding hydrogens is 504 g/mol. The summed E-state index contributed by atoms with van der Waals surface area (Å²) < 4.78 is 17.1. The monoisotopic (exact) mass is 534 g/mol. The summed E-state index contributed by atoms with van der Waals surface area (Å²) in [6, 6.07) is 21.2. The van der Waals surface area contributed by atoms with Crippen molar-refractivity contribution >= 4 is 28.9 Å². The van der Waals surface area contributed by atoms with Crippen LogP contribution in [-0.2, 0) is 6.54 Å². The second kappa shape index (κ2) is 9.96. The molecule has 0 unspecified atom stereocenters. The van der Waals surface area contributed by atoms with Crippen molar-refractivity contribution in [3.63, 3.8) is 0 Å². The SMILES string of the molecule is COc1cc(OC(=O)Nc2cccnc2)ccc1-c1ccc2c3c1CN(c1ccccc1OC)C3=CC(C)(C)N2. The van der Waals surface area contributed by atoms with Crippen LogP contribution in [0.15, 0.2) is 85.2 Å². The fourth-order valence-electron chi connectivity index (χ4n) is 5.43. The Morgan fingerprint density at radius 2 is 1.77 bits per heavy atom. The molecule has 40 heavy (non-hydrogen) atoms. The molecule has 2 aliphatic rings. The van der Waals surface area contributed by atoms with Crippen molar-refractivity contribution < 1.29 is 19.0 Å². The smallest absolute Gasteiger partial charge is 0.417 e. The van der Waals surface area contributed by atoms with Gasteiger partial charge in [0.2, 0.25) is 0 Å². The number of carbonyl (C=O) groups is 1. The van der Waals surface area contributed by atoms with Crippen LogP contribution in [0.3, 0.4) is 0 Å². The quantitative estimate of drug-likeness (QED) is 0.277. The molecule has 2 aliphatic heterocycles. The Labute approximate surface area is 233 Å². The zero-order chi connectivity index (χ0) is 27.9. The highest BCUT2D eigenvalue weighted by Crippen LogP contribution is 2.51. The lowest BCUT2D eigenvalue weighted by Gasteiger charge is -2.33. The van der Waals surface area contributed by atoms with Crippen molar-refractivity contribution in [3.8, 4) is 28.4 Å². The maximum atomic E-state index is 12.4. The Morgan fingerprint density at radius 1 is 0.975 bits per heavy atom. The molecule has 0 bridgehead atoms. The number of benzene rings is 3. The summed E-state index contributed by atoms with van der Waals surface area (Å²) in [7, 11) is 3.32. The maximum Gasteiger partial charge on any atom is 0.417 e. The number of nitrogens with one attached hydrogen (secondary N) is 2. The van der Waals surface area contributed by atoms with Gasteiger partial charge in [0.25, 0.3) is 0 Å². The number of amides is 1. The number of aromatic nitrogens is 1. The second-order valence-electron chi connectivity index (χ2n) is 10.3. The summed E-state index contributed by atoms with van der Waals surface area (Å²) in [5, 5.41) is 6.35. The van der Waals surface area contributed by atoms with Crippen LogP contribution in [0.2, 0.25) is 0 Å². The average molecular weight is 535 g/mol. The topological polar surface area (TPSA) is 85.0 Å². The highest BCUT2D eigenvalue weighted by atomic mass is 16.6. The van der Waals surface area contributed by atoms with Crippen molar-refractivity contribution in [3.05, 3.63) is 96.3 Å². The molecule has 0 spiro atoms. The summed E-state index contributed by atoms with van der Waals surface area (Å²) in [6.45, 7) is 5.00. The van der Waals surface area contributed by atoms with Gasteiger partial charge < -0.3 is 24.4 Å². The molecule has 1 aromatic heterocycles. The number of anilines is 3. The van der Waals surface area contributed by atoms with Gasteiger partial charge >= 0.3 is 6.09 Å². The molecule has 1 amide bonds. The minimum atomic E-state index is -0.605. The Morgan fingerprint density at radius 3 is 2.55 bits per heavy atom. The molecule has 3 aromatic carbocycles. The molecule has 202 valence electrons. The first-order valence-corrected chi connectivity index (χ1v) is 13.0. The van der Waals surface area contributed by atoms with Gasteiger partial charge in [-0.05, 0) is 73.5 Å². The number of ether oxygens (including phenoxy) is 3. The highest BCUT2D eigenvalue weighted by molar-refractivity contribution is 5.98. The Kier molecular flexibility index (Phi) is 6.30. The van der Waals surface area contributed by atoms with E-state index in [0.29, 0.717) is 23.7 Å². The predicted octanol–water partition coefficient (Wildman–Crippen LogP) is 6.94. The number of pyridine rings is 1. The molecule has 4 aromatic rings. The Bertz CT molecular complexity index is 1630. The molecule has 6 rings (SSSR count). The van der Waals surface area contributed by atoms with E-state index in [9.17, 15) is 4.79 Å². The van der Waals surface area contributed by atoms with E-state index in [1.54, 1.807) is 50.9 Å². The first kappa shape index (κ1) is 25.3. The van der Waals surface area contributed by atoms with Crippen molar-refractivity contribution in [1.29, 1.82) is 0 Å². The van der Waals surface area contributed by atoms with Crippen molar-refractivity contribution in [1.82, 2.24) is 4.98 Å². The molecule has 0 radical (unpaired) electrons. The lowest BCUT2D eigenvalue weighted by atomic mass is 9.89. The molecular formula is C32H30N4O4. The van der Waals surface area contributed by atoms with Crippen molar-refractivity contribution in [2.45, 2.75) is 25.9 Å². The molecule has 8 heteroatoms. The zero-order valence-corrected chi connectivity index (χ0v) is 22.8. The van der Waals surface area contributed by atoms with E-state index in [1.807, 2.05) is 24.3 Å². The minimum absolute atomic E-state index is 0.223. The molecule has 0 saturated carbocycles. The molecule has 0 saturated heterocycles. The third-order valence-corrected chi connectivity index (χ3v) is 7.09. The number of nitrogens with zero attached hydrogens (tertiary/aromatic N) is 2. The van der Waals surface area contributed by atoms with Crippen LogP contribution in [0.5, 0.6) is 17.2 Å². The van der Waals surface area contributed by atoms with Gasteiger partial charge in [0.05, 0.1) is 37.3 Å². The average Bonchev–Trinajstić information content (AvgIpc) is 3.32. The van der Waals surface area contributed by atoms with E-state index < -0.39 is 6.09 Å². The van der Waals surface area contributed by atoms with E-state index >= 15 is 0 Å². The fraction of sp³-hybridized carbons (Fsp3) is 0.188. The minimum Gasteiger partial charge on any atom is -0.496 e. The lowest BCUT2D eigenvalue weighted by Crippen LogP contribution is -2.33. The van der Waals surface area contributed by atoms with Crippen LogP contribution in [-0.4, -0.2) is 30.8 Å². The first-order valence-electron chi connectivity index (χ1n) is 13.0. The first-order chi connectivity index (χ1) is 19.4. The number of para-hydroxylation sites is 2. The van der Waals surface area contributed by atoms with Crippen molar-refractivity contribution in [2.75, 3.05) is 29.8 Å². The Balaban J connectivity index is 1.38. The molecule has 0 fully saturated rings. The summed E-state index contributed by atoms with van der Waals surface area (Å²) in [6.07, 6.45) is 4.86. The molecule has 2 N–H and O–H groups in total. The summed E-state index contributed by atoms with van der Waals surface area (Å²) in [5.74, 6) is 1.79. The van der Waals surface area contributed by atoms with E-state index in [2.05, 4.69) is 58.6 Å². The fourth-order valence-corrected chi connectivity index (χ4v) is 5.43. The maximum absolute atomic E-state index is 12.4. The third kappa shape index (κ3) is 4.58. The zero-order valence-electron chi connectivity index (χ0n) is 22.8. The van der Waals surface area contributed by atoms with Crippen LogP contribution >= 0.6 is 0 Å². The van der Waals surface area contributed by atoms with Gasteiger partial charge in [-0.15, -0.1) is 0 Å². The number of hydrogen-bond acceptors (Lipinski definition) is 7. The van der Waals surface area contributed by atoms with Crippen LogP contribution in [0.4, 0.5) is 21.9 Å². The van der Waals surface area contributed by atoms with Gasteiger partial charge in [0.1, 0.15) is 17.2 Å². The van der Waals surface area contributed by atoms with Crippen LogP contribution in [0, 0.1) is 0 Å². The van der Waals surface area contributed by atoms with Crippen LogP contribution < -0.4 is 29.7 Å². The highest BCUT2D eigenvalue weighted by Gasteiger charge is 2.37. The van der Waals surface area contributed by atoms with Gasteiger partial charge in [-0.1, -0.05) is 18.2 Å². The number of methoxy groups -OCH3 is 2. The van der Waals surface area contributed by atoms with Gasteiger partial charge in [0.15, 0.2) is 0 Å². The number of carbonyl (C=O) groups excluding carboxylic acids is 1. The molecule has 0 aliphatic carbocycles. The standard InChI is InChI=1S/C32H30N4O4/c1-32(2)17-27-30-24(19-36(27)26-9-5-6-10-28(26)38-3)22(13-14-25(30)35-32)23-12-11-21(16-29(23)39-4)40-31(37)34-20-8-7-15-33-18-20/h5-18,35H,19H2,1-4H3,(H,34,37). The van der Waals surface area contributed by atoms with E-state index in [-0.39, 0.29) is 5.54 Å². The predicted molar refractivity (Wildman–Crippen MR) is 157 cm³/mol. The summed E-state index contributed by atoms with van der Waals surface area (Å²) in [4.78, 5) is 18.8. The normalized spacial score (nSPS) is 14.5. The molecule has 0 atom stereocenters. The number of hydrogen-bond donors (Lipinski definition) is 2. The van der Waals surface area contributed by atoms with Gasteiger partial charge in [-0.3, -0.25) is 10.3 Å². The summed E-state index contributed by atoms with van der Waals surface area (Å²) in [5.41, 5.74) is 7.87. The largest absolute Gasteiger partial charge is 0.496 e. The second-order valence-corrected chi connectivity index (χ2v) is 10.3.